The van der Waals surface area contributed by atoms with Crippen LogP contribution in [0.5, 0.6) is 5.88 Å². The summed E-state index contributed by atoms with van der Waals surface area (Å²) in [7, 11) is -11.4. The van der Waals surface area contributed by atoms with Gasteiger partial charge in [0.15, 0.2) is 7.14 Å². The van der Waals surface area contributed by atoms with Gasteiger partial charge in [0.05, 0.1) is 0 Å². The first kappa shape index (κ1) is 30.4. The van der Waals surface area contributed by atoms with Crippen LogP contribution in [0.2, 0.25) is 0 Å². The third-order valence-corrected chi connectivity index (χ3v) is 10.1. The highest BCUT2D eigenvalue weighted by molar-refractivity contribution is 7.88. The van der Waals surface area contributed by atoms with E-state index in [9.17, 15) is 52.5 Å². The molecule has 218 valence electrons. The number of alkyl halides is 9. The predicted molar refractivity (Wildman–Crippen MR) is 132 cm³/mol. The van der Waals surface area contributed by atoms with Crippen LogP contribution in [0, 0.1) is 0 Å². The SMILES string of the molecule is O=P(c1ccccc1)(c1ccccc1)c1nc(OS(=O)(=O)C(F)(F)C(F)(F)C(F)(F)C(F)(F)F)cc2ccccc12. The highest BCUT2D eigenvalue weighted by atomic mass is 32.2. The molecule has 1 aromatic heterocycles. The van der Waals surface area contributed by atoms with Gasteiger partial charge in [0.25, 0.3) is 0 Å². The molecule has 0 saturated carbocycles. The van der Waals surface area contributed by atoms with Crippen LogP contribution in [-0.4, -0.2) is 36.7 Å². The normalized spacial score (nSPS) is 13.8. The molecule has 4 rings (SSSR count). The predicted octanol–water partition coefficient (Wildman–Crippen LogP) is 6.01. The quantitative estimate of drug-likeness (QED) is 0.136. The van der Waals surface area contributed by atoms with Crippen LogP contribution < -0.4 is 20.2 Å². The number of benzene rings is 3. The molecule has 16 heteroatoms. The molecule has 0 unspecified atom stereocenters. The lowest BCUT2D eigenvalue weighted by atomic mass is 10.1. The Bertz CT molecular complexity index is 1690. The van der Waals surface area contributed by atoms with E-state index < -0.39 is 51.9 Å². The van der Waals surface area contributed by atoms with E-state index >= 15 is 0 Å². The largest absolute Gasteiger partial charge is 0.460 e. The van der Waals surface area contributed by atoms with E-state index in [0.717, 1.165) is 0 Å². The molecule has 4 aromatic rings. The summed E-state index contributed by atoms with van der Waals surface area (Å²) in [5, 5.41) is -6.86. The van der Waals surface area contributed by atoms with Gasteiger partial charge in [-0.05, 0) is 5.39 Å². The van der Waals surface area contributed by atoms with Gasteiger partial charge >= 0.3 is 33.4 Å². The number of nitrogens with zero attached hydrogens (tertiary/aromatic N) is 1. The molecule has 41 heavy (non-hydrogen) atoms. The highest BCUT2D eigenvalue weighted by Gasteiger charge is 2.86. The van der Waals surface area contributed by atoms with Crippen molar-refractivity contribution in [2.24, 2.45) is 0 Å². The van der Waals surface area contributed by atoms with Gasteiger partial charge in [-0.1, -0.05) is 84.9 Å². The zero-order chi connectivity index (χ0) is 30.5. The van der Waals surface area contributed by atoms with Crippen LogP contribution in [0.3, 0.4) is 0 Å². The number of halogens is 9. The van der Waals surface area contributed by atoms with Gasteiger partial charge in [-0.25, -0.2) is 4.98 Å². The Morgan fingerprint density at radius 2 is 1.12 bits per heavy atom. The van der Waals surface area contributed by atoms with Crippen molar-refractivity contribution >= 4 is 44.1 Å². The van der Waals surface area contributed by atoms with Crippen LogP contribution in [0.25, 0.3) is 10.8 Å². The fourth-order valence-corrected chi connectivity index (χ4v) is 7.40. The number of fused-ring (bicyclic) bond motifs is 1. The average molecular weight is 627 g/mol. The highest BCUT2D eigenvalue weighted by Crippen LogP contribution is 2.55. The van der Waals surface area contributed by atoms with Crippen molar-refractivity contribution in [3.63, 3.8) is 0 Å². The molecule has 0 saturated heterocycles. The second-order valence-electron chi connectivity index (χ2n) is 8.49. The first-order valence-corrected chi connectivity index (χ1v) is 14.3. The van der Waals surface area contributed by atoms with E-state index in [1.54, 1.807) is 12.1 Å². The van der Waals surface area contributed by atoms with Crippen LogP contribution in [0.15, 0.2) is 91.0 Å². The topological polar surface area (TPSA) is 73.3 Å². The summed E-state index contributed by atoms with van der Waals surface area (Å²) in [5.41, 5.74) is -0.464. The molecule has 0 N–H and O–H groups in total. The maximum absolute atomic E-state index is 14.8. The third kappa shape index (κ3) is 4.84. The van der Waals surface area contributed by atoms with Crippen molar-refractivity contribution in [2.75, 3.05) is 0 Å². The standard InChI is InChI=1S/C25H15F9NO4PS/c26-22(27,24(30,31)32)23(28,29)25(33,34)41(37,38)39-20-15-16-9-7-8-14-19(16)21(35-20)40(36,17-10-3-1-4-11-17)18-12-5-2-6-13-18/h1-15H. The summed E-state index contributed by atoms with van der Waals surface area (Å²) < 4.78 is 164. The van der Waals surface area contributed by atoms with E-state index in [2.05, 4.69) is 9.17 Å². The molecule has 0 aliphatic rings. The number of hydrogen-bond donors (Lipinski definition) is 0. The lowest BCUT2D eigenvalue weighted by molar-refractivity contribution is -0.382. The number of pyridine rings is 1. The molecular weight excluding hydrogens is 612 g/mol. The molecule has 0 amide bonds. The number of aromatic nitrogens is 1. The minimum absolute atomic E-state index is 0.0644. The van der Waals surface area contributed by atoms with Crippen molar-refractivity contribution in [3.8, 4) is 5.88 Å². The Kier molecular flexibility index (Phi) is 7.45. The molecule has 0 spiro atoms. The maximum Gasteiger partial charge on any atom is 0.460 e. The summed E-state index contributed by atoms with van der Waals surface area (Å²) in [6.07, 6.45) is -7.25. The van der Waals surface area contributed by atoms with E-state index in [1.807, 2.05) is 0 Å². The number of rotatable bonds is 8. The molecule has 0 aliphatic heterocycles. The summed E-state index contributed by atoms with van der Waals surface area (Å²) in [6, 6.07) is 20.9. The summed E-state index contributed by atoms with van der Waals surface area (Å²) >= 11 is 0. The van der Waals surface area contributed by atoms with E-state index in [-0.39, 0.29) is 21.4 Å². The molecule has 1 heterocycles. The Balaban J connectivity index is 1.94. The molecule has 0 atom stereocenters. The molecule has 3 aromatic carbocycles. The summed E-state index contributed by atoms with van der Waals surface area (Å²) in [4.78, 5) is 3.76. The molecular formula is C25H15F9NO4PS. The Labute approximate surface area is 226 Å². The van der Waals surface area contributed by atoms with Crippen molar-refractivity contribution in [3.05, 3.63) is 91.0 Å². The lowest BCUT2D eigenvalue weighted by Crippen LogP contribution is -2.63. The zero-order valence-corrected chi connectivity index (χ0v) is 21.7. The monoisotopic (exact) mass is 627 g/mol. The Morgan fingerprint density at radius 1 is 0.659 bits per heavy atom. The Hall–Kier alpha value is -3.58. The van der Waals surface area contributed by atoms with Gasteiger partial charge in [0.2, 0.25) is 5.88 Å². The molecule has 5 nitrogen and oxygen atoms in total. The second kappa shape index (κ2) is 10.1. The lowest BCUT2D eigenvalue weighted by Gasteiger charge is -2.32. The van der Waals surface area contributed by atoms with E-state index in [4.69, 9.17) is 0 Å². The van der Waals surface area contributed by atoms with Gasteiger partial charge in [-0.2, -0.15) is 47.9 Å². The Morgan fingerprint density at radius 3 is 1.61 bits per heavy atom. The smallest absolute Gasteiger partial charge is 0.357 e. The van der Waals surface area contributed by atoms with Gasteiger partial charge in [0, 0.05) is 22.1 Å². The van der Waals surface area contributed by atoms with Crippen molar-refractivity contribution in [2.45, 2.75) is 23.3 Å². The first-order chi connectivity index (χ1) is 18.9. The fourth-order valence-electron chi connectivity index (χ4n) is 3.79. The first-order valence-electron chi connectivity index (χ1n) is 11.1. The minimum atomic E-state index is -7.50. The van der Waals surface area contributed by atoms with Crippen LogP contribution >= 0.6 is 7.14 Å². The van der Waals surface area contributed by atoms with Gasteiger partial charge in [-0.15, -0.1) is 0 Å². The summed E-state index contributed by atoms with van der Waals surface area (Å²) in [5.74, 6) is -16.4. The van der Waals surface area contributed by atoms with Crippen molar-refractivity contribution in [1.82, 2.24) is 4.98 Å². The van der Waals surface area contributed by atoms with Gasteiger partial charge < -0.3 is 8.75 Å². The third-order valence-electron chi connectivity index (χ3n) is 5.86. The fraction of sp³-hybridized carbons (Fsp3) is 0.160. The second-order valence-corrected chi connectivity index (χ2v) is 12.7. The average Bonchev–Trinajstić information content (AvgIpc) is 2.92. The van der Waals surface area contributed by atoms with E-state index in [1.165, 1.54) is 72.8 Å². The van der Waals surface area contributed by atoms with E-state index in [0.29, 0.717) is 6.07 Å². The molecule has 0 aliphatic carbocycles. The minimum Gasteiger partial charge on any atom is -0.357 e. The molecule has 0 bridgehead atoms. The van der Waals surface area contributed by atoms with Gasteiger partial charge in [0.1, 0.15) is 5.44 Å². The van der Waals surface area contributed by atoms with Crippen LogP contribution in [0.1, 0.15) is 0 Å². The van der Waals surface area contributed by atoms with Crippen LogP contribution in [0.4, 0.5) is 39.5 Å². The number of hydrogen-bond acceptors (Lipinski definition) is 5. The summed E-state index contributed by atoms with van der Waals surface area (Å²) in [6.45, 7) is 0. The maximum atomic E-state index is 14.8. The molecule has 0 radical (unpaired) electrons. The molecule has 0 fully saturated rings. The van der Waals surface area contributed by atoms with Crippen LogP contribution in [-0.2, 0) is 14.7 Å². The van der Waals surface area contributed by atoms with Gasteiger partial charge in [-0.3, -0.25) is 0 Å². The zero-order valence-electron chi connectivity index (χ0n) is 20.0. The van der Waals surface area contributed by atoms with Crippen molar-refractivity contribution in [1.29, 1.82) is 0 Å². The van der Waals surface area contributed by atoms with Crippen molar-refractivity contribution < 1.29 is 56.7 Å².